The minimum Gasteiger partial charge on any atom is -0.458 e. The Balaban J connectivity index is 2.53. The number of hydrogen-bond donors (Lipinski definition) is 1. The van der Waals surface area contributed by atoms with Crippen molar-refractivity contribution in [3.63, 3.8) is 0 Å². The second-order valence-electron chi connectivity index (χ2n) is 9.56. The van der Waals surface area contributed by atoms with E-state index in [2.05, 4.69) is 6.92 Å². The first-order chi connectivity index (χ1) is 13.9. The van der Waals surface area contributed by atoms with Crippen LogP contribution < -0.4 is 0 Å². The van der Waals surface area contributed by atoms with Crippen LogP contribution in [-0.4, -0.2) is 34.9 Å². The first-order valence-corrected chi connectivity index (χ1v) is 11.0. The lowest BCUT2D eigenvalue weighted by Gasteiger charge is -2.45. The van der Waals surface area contributed by atoms with E-state index in [1.807, 2.05) is 26.8 Å². The van der Waals surface area contributed by atoms with E-state index in [0.717, 1.165) is 5.57 Å². The van der Waals surface area contributed by atoms with Gasteiger partial charge in [0.25, 0.3) is 0 Å². The highest BCUT2D eigenvalue weighted by molar-refractivity contribution is 5.88. The topological polar surface area (TPSA) is 72.8 Å². The third-order valence-electron chi connectivity index (χ3n) is 7.30. The molecule has 0 unspecified atom stereocenters. The number of fused-ring (bicyclic) bond motifs is 1. The van der Waals surface area contributed by atoms with Crippen molar-refractivity contribution in [2.24, 2.45) is 17.3 Å². The van der Waals surface area contributed by atoms with Crippen LogP contribution in [0.1, 0.15) is 74.7 Å². The summed E-state index contributed by atoms with van der Waals surface area (Å²) in [4.78, 5) is 25.2. The van der Waals surface area contributed by atoms with E-state index in [0.29, 0.717) is 30.4 Å². The maximum Gasteiger partial charge on any atom is 0.333 e. The molecule has 0 bridgehead atoms. The fraction of sp³-hybridized carbons (Fsp3) is 0.680. The molecule has 1 N–H and O–H groups in total. The number of esters is 2. The molecular weight excluding hydrogens is 380 g/mol. The van der Waals surface area contributed by atoms with E-state index in [1.165, 1.54) is 0 Å². The Labute approximate surface area is 181 Å². The Bertz CT molecular complexity index is 774. The second kappa shape index (κ2) is 9.09. The Kier molecular flexibility index (Phi) is 7.39. The smallest absolute Gasteiger partial charge is 0.333 e. The number of allylic oxidation sites excluding steroid dienone is 2. The third kappa shape index (κ3) is 4.41. The minimum atomic E-state index is -1.01. The Morgan fingerprint density at radius 3 is 2.13 bits per heavy atom. The third-order valence-corrected chi connectivity index (χ3v) is 7.30. The largest absolute Gasteiger partial charge is 0.458 e. The molecule has 5 nitrogen and oxygen atoms in total. The molecule has 2 rings (SSSR count). The van der Waals surface area contributed by atoms with Gasteiger partial charge in [-0.1, -0.05) is 38.5 Å². The lowest BCUT2D eigenvalue weighted by molar-refractivity contribution is -0.172. The summed E-state index contributed by atoms with van der Waals surface area (Å²) in [5, 5.41) is 11.7. The summed E-state index contributed by atoms with van der Waals surface area (Å²) in [5.74, 6) is -1.10. The number of carbonyl (C=O) groups excluding carboxylic acids is 2. The van der Waals surface area contributed by atoms with Crippen LogP contribution in [0.2, 0.25) is 0 Å². The number of ether oxygens (including phenoxy) is 2. The van der Waals surface area contributed by atoms with Gasteiger partial charge in [0.2, 0.25) is 0 Å². The maximum atomic E-state index is 12.6. The zero-order chi connectivity index (χ0) is 22.9. The van der Waals surface area contributed by atoms with Gasteiger partial charge in [-0.2, -0.15) is 0 Å². The lowest BCUT2D eigenvalue weighted by Crippen LogP contribution is -2.53. The molecule has 0 spiro atoms. The molecule has 2 aliphatic rings. The maximum absolute atomic E-state index is 12.6. The van der Waals surface area contributed by atoms with Crippen LogP contribution in [0.15, 0.2) is 34.9 Å². The predicted molar refractivity (Wildman–Crippen MR) is 118 cm³/mol. The van der Waals surface area contributed by atoms with Crippen molar-refractivity contribution in [2.45, 2.75) is 92.5 Å². The van der Waals surface area contributed by atoms with Gasteiger partial charge in [-0.3, -0.25) is 0 Å². The molecule has 0 aromatic carbocycles. The number of rotatable bonds is 5. The average Bonchev–Trinajstić information content (AvgIpc) is 2.92. The van der Waals surface area contributed by atoms with Crippen molar-refractivity contribution in [3.8, 4) is 0 Å². The summed E-state index contributed by atoms with van der Waals surface area (Å²) >= 11 is 0. The van der Waals surface area contributed by atoms with Gasteiger partial charge in [-0.05, 0) is 59.5 Å². The molecule has 1 saturated carbocycles. The van der Waals surface area contributed by atoms with Gasteiger partial charge >= 0.3 is 11.9 Å². The zero-order valence-corrected chi connectivity index (χ0v) is 19.7. The van der Waals surface area contributed by atoms with E-state index in [4.69, 9.17) is 9.47 Å². The Morgan fingerprint density at radius 1 is 1.10 bits per heavy atom. The molecule has 0 aromatic heterocycles. The van der Waals surface area contributed by atoms with E-state index in [-0.39, 0.29) is 23.8 Å². The van der Waals surface area contributed by atoms with Gasteiger partial charge in [0.05, 0.1) is 5.60 Å². The second-order valence-corrected chi connectivity index (χ2v) is 9.56. The SMILES string of the molecule is C/C=C(/C)C(=O)O[C@H]1CC(C)=C[C@@H](OC(=O)/C(C)=C\C)[C@@]2(C)CC[C@@](O)(C(C)C)[C@H]12. The summed E-state index contributed by atoms with van der Waals surface area (Å²) in [6, 6.07) is 0. The molecule has 0 aliphatic heterocycles. The molecule has 5 atom stereocenters. The van der Waals surface area contributed by atoms with Crippen LogP contribution in [0.3, 0.4) is 0 Å². The molecule has 5 heteroatoms. The molecule has 0 radical (unpaired) electrons. The van der Waals surface area contributed by atoms with Crippen LogP contribution in [0.4, 0.5) is 0 Å². The van der Waals surface area contributed by atoms with E-state index in [1.54, 1.807) is 39.8 Å². The molecule has 30 heavy (non-hydrogen) atoms. The predicted octanol–water partition coefficient (Wildman–Crippen LogP) is 4.90. The van der Waals surface area contributed by atoms with Crippen LogP contribution in [0.25, 0.3) is 0 Å². The normalized spacial score (nSPS) is 34.9. The van der Waals surface area contributed by atoms with E-state index < -0.39 is 23.2 Å². The highest BCUT2D eigenvalue weighted by atomic mass is 16.6. The van der Waals surface area contributed by atoms with Crippen molar-refractivity contribution in [1.82, 2.24) is 0 Å². The van der Waals surface area contributed by atoms with Crippen molar-refractivity contribution >= 4 is 11.9 Å². The van der Waals surface area contributed by atoms with Gasteiger partial charge in [-0.25, -0.2) is 9.59 Å². The van der Waals surface area contributed by atoms with Crippen molar-refractivity contribution < 1.29 is 24.2 Å². The molecule has 1 fully saturated rings. The average molecular weight is 419 g/mol. The Hall–Kier alpha value is -1.88. The monoisotopic (exact) mass is 418 g/mol. The standard InChI is InChI=1S/C25H38O5/c1-9-17(6)22(26)29-19-13-16(5)14-20(30-23(27)18(7)10-2)24(8)11-12-25(28,15(3)4)21(19)24/h9-10,14-15,19-21,28H,11-13H2,1-8H3/b17-9-,18-10-/t19-,20+,21+,24+,25+/m0/s1. The van der Waals surface area contributed by atoms with E-state index >= 15 is 0 Å². The van der Waals surface area contributed by atoms with Gasteiger partial charge in [0, 0.05) is 28.9 Å². The summed E-state index contributed by atoms with van der Waals surface area (Å²) in [6.45, 7) is 15.1. The van der Waals surface area contributed by atoms with Gasteiger partial charge < -0.3 is 14.6 Å². The van der Waals surface area contributed by atoms with Gasteiger partial charge in [0.15, 0.2) is 0 Å². The van der Waals surface area contributed by atoms with Crippen LogP contribution in [-0.2, 0) is 19.1 Å². The molecule has 168 valence electrons. The summed E-state index contributed by atoms with van der Waals surface area (Å²) in [7, 11) is 0. The summed E-state index contributed by atoms with van der Waals surface area (Å²) in [5.41, 5.74) is 0.524. The fourth-order valence-corrected chi connectivity index (χ4v) is 4.97. The summed E-state index contributed by atoms with van der Waals surface area (Å²) < 4.78 is 11.9. The molecule has 0 aromatic rings. The Morgan fingerprint density at radius 2 is 1.63 bits per heavy atom. The summed E-state index contributed by atoms with van der Waals surface area (Å²) in [6.07, 6.45) is 6.23. The number of carbonyl (C=O) groups is 2. The van der Waals surface area contributed by atoms with Crippen molar-refractivity contribution in [1.29, 1.82) is 0 Å². The number of hydrogen-bond acceptors (Lipinski definition) is 5. The van der Waals surface area contributed by atoms with E-state index in [9.17, 15) is 14.7 Å². The highest BCUT2D eigenvalue weighted by Crippen LogP contribution is 2.58. The van der Waals surface area contributed by atoms with Gasteiger partial charge in [0.1, 0.15) is 12.2 Å². The molecule has 2 aliphatic carbocycles. The van der Waals surface area contributed by atoms with Gasteiger partial charge in [-0.15, -0.1) is 0 Å². The fourth-order valence-electron chi connectivity index (χ4n) is 4.97. The zero-order valence-electron chi connectivity index (χ0n) is 19.7. The molecule has 0 saturated heterocycles. The number of aliphatic hydroxyl groups is 1. The minimum absolute atomic E-state index is 0.0274. The molecular formula is C25H38O5. The lowest BCUT2D eigenvalue weighted by atomic mass is 9.66. The van der Waals surface area contributed by atoms with Crippen LogP contribution in [0, 0.1) is 17.3 Å². The van der Waals surface area contributed by atoms with Crippen molar-refractivity contribution in [2.75, 3.05) is 0 Å². The molecule has 0 heterocycles. The van der Waals surface area contributed by atoms with Crippen LogP contribution in [0.5, 0.6) is 0 Å². The van der Waals surface area contributed by atoms with Crippen molar-refractivity contribution in [3.05, 3.63) is 34.9 Å². The molecule has 0 amide bonds. The highest BCUT2D eigenvalue weighted by Gasteiger charge is 2.63. The first kappa shape index (κ1) is 24.4. The quantitative estimate of drug-likeness (QED) is 0.391. The van der Waals surface area contributed by atoms with Crippen LogP contribution >= 0.6 is 0 Å². The first-order valence-electron chi connectivity index (χ1n) is 11.0.